The zero-order chi connectivity index (χ0) is 16.2. The van der Waals surface area contributed by atoms with Gasteiger partial charge < -0.3 is 15.5 Å². The second-order valence-corrected chi connectivity index (χ2v) is 5.63. The predicted molar refractivity (Wildman–Crippen MR) is 91.7 cm³/mol. The van der Waals surface area contributed by atoms with Crippen LogP contribution in [0.4, 0.5) is 4.79 Å². The fourth-order valence-corrected chi connectivity index (χ4v) is 3.04. The number of ether oxygens (including phenoxy) is 1. The summed E-state index contributed by atoms with van der Waals surface area (Å²) >= 11 is 0. The Hall–Kier alpha value is -3.62. The SMILES string of the molecule is CC[C@@H](C=[N-])NC(=O)OCC1c2ccccc2-c2ccccc21.[Lr]. The van der Waals surface area contributed by atoms with Gasteiger partial charge in [0.1, 0.15) is 6.61 Å². The van der Waals surface area contributed by atoms with Crippen molar-refractivity contribution in [2.75, 3.05) is 6.61 Å². The first-order valence-corrected chi connectivity index (χ1v) is 7.83. The number of carbonyl (C=O) groups is 1. The predicted octanol–water partition coefficient (Wildman–Crippen LogP) is 3.94. The number of rotatable bonds is 5. The van der Waals surface area contributed by atoms with Gasteiger partial charge in [0.15, 0.2) is 0 Å². The van der Waals surface area contributed by atoms with E-state index in [9.17, 15) is 4.79 Å². The van der Waals surface area contributed by atoms with Gasteiger partial charge in [-0.05, 0) is 28.7 Å². The van der Waals surface area contributed by atoms with E-state index < -0.39 is 6.09 Å². The summed E-state index contributed by atoms with van der Waals surface area (Å²) < 4.78 is 5.39. The normalized spacial score (nSPS) is 13.2. The number of benzene rings is 2. The average molecular weight is 569 g/mol. The molecule has 3 rings (SSSR count). The standard InChI is InChI=1S/C19H19N2O2.Lr/c1-2-13(11-20)21-19(22)23-12-18-16-9-5-3-7-14(16)15-8-4-6-10-17(15)18;/h3-11,13,18H,2,12H2,1H3,(H,21,22);/q-1;/t13-;/m0./s1. The van der Waals surface area contributed by atoms with E-state index in [2.05, 4.69) is 29.6 Å². The molecule has 0 fully saturated rings. The number of carbonyl (C=O) groups excluding carboxylic acids is 1. The molecule has 0 bridgehead atoms. The quantitative estimate of drug-likeness (QED) is 0.555. The van der Waals surface area contributed by atoms with Crippen LogP contribution in [0, 0.1) is 0 Å². The Labute approximate surface area is 136 Å². The third-order valence-electron chi connectivity index (χ3n) is 4.27. The Bertz CT molecular complexity index is 687. The van der Waals surface area contributed by atoms with E-state index >= 15 is 0 Å². The minimum absolute atomic E-state index is 0. The van der Waals surface area contributed by atoms with Gasteiger partial charge in [-0.3, -0.25) is 0 Å². The Kier molecular flexibility index (Phi) is 4.95. The second kappa shape index (κ2) is 7.09. The molecule has 1 aliphatic carbocycles. The van der Waals surface area contributed by atoms with Crippen molar-refractivity contribution in [3.05, 3.63) is 65.1 Å². The van der Waals surface area contributed by atoms with Gasteiger partial charge in [0.05, 0.1) is 0 Å². The first kappa shape index (κ1) is 16.7. The molecule has 0 spiro atoms. The first-order valence-electron chi connectivity index (χ1n) is 7.83. The topological polar surface area (TPSA) is 60.6 Å². The van der Waals surface area contributed by atoms with Crippen molar-refractivity contribution in [3.63, 3.8) is 0 Å². The van der Waals surface area contributed by atoms with E-state index in [1.54, 1.807) is 0 Å². The fraction of sp³-hybridized carbons (Fsp3) is 0.263. The van der Waals surface area contributed by atoms with Gasteiger partial charge in [-0.25, -0.2) is 4.79 Å². The van der Waals surface area contributed by atoms with E-state index in [4.69, 9.17) is 10.1 Å². The molecule has 1 N–H and O–H groups in total. The van der Waals surface area contributed by atoms with Crippen molar-refractivity contribution < 1.29 is 9.53 Å². The molecule has 0 aromatic heterocycles. The van der Waals surface area contributed by atoms with Crippen LogP contribution in [0.25, 0.3) is 16.5 Å². The zero-order valence-electron chi connectivity index (χ0n) is 13.3. The van der Waals surface area contributed by atoms with Crippen molar-refractivity contribution in [2.45, 2.75) is 25.3 Å². The molecule has 0 aliphatic heterocycles. The second-order valence-electron chi connectivity index (χ2n) is 5.63. The van der Waals surface area contributed by atoms with Crippen molar-refractivity contribution in [1.29, 1.82) is 0 Å². The minimum atomic E-state index is -0.510. The molecule has 0 saturated carbocycles. The van der Waals surface area contributed by atoms with Crippen LogP contribution in [0.2, 0.25) is 0 Å². The van der Waals surface area contributed by atoms with Crippen LogP contribution in [0.5, 0.6) is 0 Å². The number of alkyl carbamates (subject to hydrolysis) is 1. The Morgan fingerprint density at radius 3 is 2.21 bits per heavy atom. The van der Waals surface area contributed by atoms with E-state index in [1.807, 2.05) is 31.2 Å². The van der Waals surface area contributed by atoms with Crippen molar-refractivity contribution in [2.24, 2.45) is 0 Å². The van der Waals surface area contributed by atoms with Gasteiger partial charge in [0.25, 0.3) is 0 Å². The Morgan fingerprint density at radius 2 is 1.71 bits per heavy atom. The van der Waals surface area contributed by atoms with Crippen LogP contribution in [0.3, 0.4) is 0 Å². The summed E-state index contributed by atoms with van der Waals surface area (Å²) in [5.41, 5.74) is 4.77. The summed E-state index contributed by atoms with van der Waals surface area (Å²) in [6.45, 7) is 2.16. The van der Waals surface area contributed by atoms with Gasteiger partial charge in [-0.1, -0.05) is 55.5 Å². The van der Waals surface area contributed by atoms with E-state index in [1.165, 1.54) is 22.3 Å². The molecule has 5 heteroatoms. The molecule has 0 unspecified atom stereocenters. The smallest absolute Gasteiger partial charge is 0.407 e. The van der Waals surface area contributed by atoms with Crippen molar-refractivity contribution in [1.82, 2.24) is 5.32 Å². The van der Waals surface area contributed by atoms with Gasteiger partial charge in [0.2, 0.25) is 0 Å². The van der Waals surface area contributed by atoms with Gasteiger partial charge in [-0.15, -0.1) is 0 Å². The number of nitrogens with zero attached hydrogens (tertiary/aromatic N) is 1. The van der Waals surface area contributed by atoms with Crippen LogP contribution in [0.15, 0.2) is 48.5 Å². The van der Waals surface area contributed by atoms with Crippen molar-refractivity contribution >= 4 is 12.3 Å². The maximum absolute atomic E-state index is 11.9. The molecule has 4 nitrogen and oxygen atoms in total. The van der Waals surface area contributed by atoms with Gasteiger partial charge in [-0.2, -0.15) is 6.21 Å². The average Bonchev–Trinajstić information content (AvgIpc) is 2.92. The Balaban J connectivity index is 0.00000208. The fourth-order valence-electron chi connectivity index (χ4n) is 3.04. The van der Waals surface area contributed by atoms with Crippen LogP contribution in [-0.4, -0.2) is 25.0 Å². The molecule has 1 radical (unpaired) electrons. The Morgan fingerprint density at radius 1 is 1.17 bits per heavy atom. The summed E-state index contributed by atoms with van der Waals surface area (Å²) in [6, 6.07) is 16.0. The summed E-state index contributed by atoms with van der Waals surface area (Å²) in [7, 11) is 0. The van der Waals surface area contributed by atoms with E-state index in [0.717, 1.165) is 6.21 Å². The number of hydrogen-bond acceptors (Lipinski definition) is 2. The van der Waals surface area contributed by atoms with Gasteiger partial charge >= 0.3 is 6.09 Å². The molecular formula is C19H19LrN2O2-. The number of amides is 1. The molecule has 0 saturated heterocycles. The molecule has 1 atom stereocenters. The molecule has 2 aromatic rings. The number of hydrogen-bond donors (Lipinski definition) is 1. The van der Waals surface area contributed by atoms with Crippen molar-refractivity contribution in [3.8, 4) is 11.1 Å². The molecule has 1 aliphatic rings. The van der Waals surface area contributed by atoms with Gasteiger partial charge in [0, 0.05) is 12.0 Å². The monoisotopic (exact) mass is 569 g/mol. The number of fused-ring (bicyclic) bond motifs is 3. The van der Waals surface area contributed by atoms with Crippen LogP contribution < -0.4 is 5.32 Å². The van der Waals surface area contributed by atoms with E-state index in [0.29, 0.717) is 6.42 Å². The summed E-state index contributed by atoms with van der Waals surface area (Å²) in [4.78, 5) is 11.9. The summed E-state index contributed by atoms with van der Waals surface area (Å²) in [5.74, 6) is 0.0475. The molecule has 2 aromatic carbocycles. The number of nitrogens with one attached hydrogen (secondary N) is 1. The first-order chi connectivity index (χ1) is 11.2. The van der Waals surface area contributed by atoms with Crippen LogP contribution in [0.1, 0.15) is 30.4 Å². The zero-order valence-corrected chi connectivity index (χ0v) is 15.4. The maximum Gasteiger partial charge on any atom is 0.407 e. The van der Waals surface area contributed by atoms with Crippen LogP contribution >= 0.6 is 0 Å². The molecular weight excluding hydrogens is 550 g/mol. The van der Waals surface area contributed by atoms with E-state index in [-0.39, 0.29) is 18.6 Å². The maximum atomic E-state index is 11.9. The molecule has 24 heavy (non-hydrogen) atoms. The molecule has 0 heterocycles. The largest absolute Gasteiger partial charge is 0.813 e. The third kappa shape index (κ3) is 2.95. The molecule has 133 valence electrons. The minimum Gasteiger partial charge on any atom is -0.813 e. The summed E-state index contributed by atoms with van der Waals surface area (Å²) in [6.07, 6.45) is 1.08. The third-order valence-corrected chi connectivity index (χ3v) is 4.27. The summed E-state index contributed by atoms with van der Waals surface area (Å²) in [5, 5.41) is 11.6. The molecule has 1 amide bonds. The van der Waals surface area contributed by atoms with Crippen LogP contribution in [-0.2, 0) is 4.74 Å².